The molecule has 1 saturated heterocycles. The number of halogens is 1. The minimum atomic E-state index is -6.10. The Morgan fingerprint density at radius 3 is 2.32 bits per heavy atom. The van der Waals surface area contributed by atoms with Crippen molar-refractivity contribution in [2.75, 3.05) is 12.3 Å². The van der Waals surface area contributed by atoms with Crippen molar-refractivity contribution in [2.24, 2.45) is 0 Å². The molecule has 0 radical (unpaired) electrons. The molecular formula is C10H12FLi3N5O12P3. The van der Waals surface area contributed by atoms with Gasteiger partial charge in [0.05, 0.1) is 12.9 Å². The number of anilines is 1. The van der Waals surface area contributed by atoms with E-state index >= 15 is 0 Å². The number of aliphatic hydroxyl groups excluding tert-OH is 1. The van der Waals surface area contributed by atoms with Crippen LogP contribution >= 0.6 is 23.5 Å². The predicted octanol–water partition coefficient (Wildman–Crippen LogP) is -11.5. The van der Waals surface area contributed by atoms with Crippen LogP contribution in [0.4, 0.5) is 10.2 Å². The van der Waals surface area contributed by atoms with Crippen molar-refractivity contribution in [3.05, 3.63) is 12.7 Å². The second kappa shape index (κ2) is 12.8. The molecule has 2 aromatic rings. The average molecular weight is 527 g/mol. The smallest absolute Gasteiger partial charge is 0.756 e. The number of fused-ring (bicyclic) bond motifs is 1. The first-order valence-corrected chi connectivity index (χ1v) is 12.2. The second-order valence-corrected chi connectivity index (χ2v) is 10.2. The van der Waals surface area contributed by atoms with Crippen molar-refractivity contribution in [3.8, 4) is 0 Å². The topological polar surface area (TPSA) is 267 Å². The molecule has 0 spiro atoms. The molecule has 174 valence electrons. The summed E-state index contributed by atoms with van der Waals surface area (Å²) >= 11 is 0. The van der Waals surface area contributed by atoms with Crippen LogP contribution in [0.25, 0.3) is 11.2 Å². The number of nitrogens with two attached hydrogens (primary N) is 1. The Hall–Kier alpha value is 0.402. The van der Waals surface area contributed by atoms with Gasteiger partial charge in [-0.2, -0.15) is 0 Å². The van der Waals surface area contributed by atoms with Gasteiger partial charge in [-0.05, 0) is 0 Å². The first-order chi connectivity index (χ1) is 14.2. The standard InChI is InChI=1S/C10H15FN5O12P3.3Li/c11-5-7(17)4(1-25-30(21,22)28-31(23,24)27-29(18,19)20)26-10(5)16-3-15-6-8(12)13-2-14-9(6)16;;;/h2-5,7,10,17H,1H2,(H,21,22)(H,23,24)(H2,12,13,14)(H2,18,19,20);;;/q;3*+1/p-3/t4-,5-,7-,10-;;;/m1.../s1. The minimum Gasteiger partial charge on any atom is -0.756 e. The summed E-state index contributed by atoms with van der Waals surface area (Å²) in [6, 6.07) is 0. The van der Waals surface area contributed by atoms with Crippen LogP contribution in [-0.4, -0.2) is 54.5 Å². The molecule has 0 aromatic carbocycles. The fourth-order valence-electron chi connectivity index (χ4n) is 2.57. The van der Waals surface area contributed by atoms with Gasteiger partial charge in [-0.3, -0.25) is 18.3 Å². The van der Waals surface area contributed by atoms with E-state index in [4.69, 9.17) is 15.4 Å². The first kappa shape index (κ1) is 34.4. The number of hydrogen-bond donors (Lipinski definition) is 3. The summed E-state index contributed by atoms with van der Waals surface area (Å²) in [4.78, 5) is 52.9. The summed E-state index contributed by atoms with van der Waals surface area (Å²) in [7, 11) is -17.8. The Morgan fingerprint density at radius 1 is 1.12 bits per heavy atom. The molecule has 2 aromatic heterocycles. The molecular weight excluding hydrogens is 515 g/mol. The second-order valence-electron chi connectivity index (χ2n) is 5.91. The van der Waals surface area contributed by atoms with E-state index in [0.29, 0.717) is 0 Å². The summed E-state index contributed by atoms with van der Waals surface area (Å²) in [5.74, 6) is -0.0169. The van der Waals surface area contributed by atoms with Gasteiger partial charge in [-0.1, -0.05) is 0 Å². The fourth-order valence-corrected chi connectivity index (χ4v) is 5.47. The normalized spacial score (nSPS) is 27.4. The SMILES string of the molecule is Nc1ncnc2c1ncn2[C@@H]1O[C@H](COP(=O)([O-])OP(=O)([O-])OP(=O)([O-])O)[C@@H](O)[C@H]1F.[Li+].[Li+].[Li+]. The van der Waals surface area contributed by atoms with Gasteiger partial charge in [0.25, 0.3) is 23.5 Å². The van der Waals surface area contributed by atoms with Gasteiger partial charge >= 0.3 is 56.6 Å². The van der Waals surface area contributed by atoms with Crippen LogP contribution in [0, 0.1) is 0 Å². The minimum absolute atomic E-state index is 0. The molecule has 1 aliphatic heterocycles. The van der Waals surface area contributed by atoms with E-state index in [0.717, 1.165) is 17.2 Å². The van der Waals surface area contributed by atoms with Gasteiger partial charge in [0.1, 0.15) is 24.1 Å². The molecule has 0 amide bonds. The summed E-state index contributed by atoms with van der Waals surface area (Å²) in [5.41, 5.74) is 5.77. The number of aliphatic hydroxyl groups is 1. The van der Waals surface area contributed by atoms with Gasteiger partial charge in [0.15, 0.2) is 23.9 Å². The predicted molar refractivity (Wildman–Crippen MR) is 87.7 cm³/mol. The molecule has 34 heavy (non-hydrogen) atoms. The molecule has 3 heterocycles. The van der Waals surface area contributed by atoms with E-state index in [1.165, 1.54) is 0 Å². The molecule has 3 unspecified atom stereocenters. The zero-order valence-corrected chi connectivity index (χ0v) is 20.4. The van der Waals surface area contributed by atoms with Gasteiger partial charge in [-0.15, -0.1) is 0 Å². The summed E-state index contributed by atoms with van der Waals surface area (Å²) in [6.45, 7) is -1.14. The molecule has 0 saturated carbocycles. The van der Waals surface area contributed by atoms with Gasteiger partial charge < -0.3 is 39.7 Å². The third-order valence-corrected chi connectivity index (χ3v) is 7.45. The summed E-state index contributed by atoms with van der Waals surface area (Å²) < 4.78 is 64.7. The number of nitrogen functional groups attached to an aromatic ring is 1. The number of imidazole rings is 1. The molecule has 7 atom stereocenters. The van der Waals surface area contributed by atoms with Crippen molar-refractivity contribution in [1.82, 2.24) is 19.5 Å². The number of phosphoric ester groups is 1. The number of ether oxygens (including phenoxy) is 1. The Balaban J connectivity index is 0.00000363. The molecule has 4 N–H and O–H groups in total. The van der Waals surface area contributed by atoms with Crippen LogP contribution in [0.15, 0.2) is 12.7 Å². The molecule has 17 nitrogen and oxygen atoms in total. The van der Waals surface area contributed by atoms with Crippen LogP contribution < -0.4 is 77.0 Å². The third-order valence-electron chi connectivity index (χ3n) is 3.76. The largest absolute Gasteiger partial charge is 1.00 e. The zero-order valence-electron chi connectivity index (χ0n) is 17.7. The van der Waals surface area contributed by atoms with Gasteiger partial charge in [0.2, 0.25) is 0 Å². The average Bonchev–Trinajstić information content (AvgIpc) is 3.13. The Kier molecular flexibility index (Phi) is 12.9. The number of alkyl halides is 1. The molecule has 0 bridgehead atoms. The number of hydrogen-bond acceptors (Lipinski definition) is 15. The van der Waals surface area contributed by atoms with Crippen molar-refractivity contribution >= 4 is 40.4 Å². The van der Waals surface area contributed by atoms with Crippen molar-refractivity contribution in [2.45, 2.75) is 24.6 Å². The van der Waals surface area contributed by atoms with Gasteiger partial charge in [-0.25, -0.2) is 28.0 Å². The van der Waals surface area contributed by atoms with Crippen LogP contribution in [0.3, 0.4) is 0 Å². The molecule has 1 fully saturated rings. The van der Waals surface area contributed by atoms with Crippen molar-refractivity contribution < 1.29 is 117 Å². The van der Waals surface area contributed by atoms with Crippen LogP contribution in [0.2, 0.25) is 0 Å². The van der Waals surface area contributed by atoms with Crippen LogP contribution in [-0.2, 0) is 31.6 Å². The fraction of sp³-hybridized carbons (Fsp3) is 0.500. The van der Waals surface area contributed by atoms with E-state index in [2.05, 4.69) is 28.1 Å². The maximum Gasteiger partial charge on any atom is 1.00 e. The Bertz CT molecular complexity index is 1120. The number of phosphoric acid groups is 3. The molecule has 24 heteroatoms. The number of rotatable bonds is 8. The maximum absolute atomic E-state index is 14.6. The van der Waals surface area contributed by atoms with Crippen molar-refractivity contribution in [1.29, 1.82) is 0 Å². The van der Waals surface area contributed by atoms with Crippen molar-refractivity contribution in [3.63, 3.8) is 0 Å². The zero-order chi connectivity index (χ0) is 23.2. The van der Waals surface area contributed by atoms with E-state index in [1.807, 2.05) is 0 Å². The van der Waals surface area contributed by atoms with Gasteiger partial charge in [0, 0.05) is 0 Å². The molecule has 3 rings (SSSR count). The van der Waals surface area contributed by atoms with E-state index in [1.54, 1.807) is 0 Å². The number of aromatic nitrogens is 4. The van der Waals surface area contributed by atoms with E-state index in [9.17, 15) is 37.9 Å². The van der Waals surface area contributed by atoms with E-state index in [-0.39, 0.29) is 73.6 Å². The summed E-state index contributed by atoms with van der Waals surface area (Å²) in [5, 5.41) is 9.98. The quantitative estimate of drug-likeness (QED) is 0.212. The van der Waals surface area contributed by atoms with Crippen LogP contribution in [0.1, 0.15) is 6.23 Å². The summed E-state index contributed by atoms with van der Waals surface area (Å²) in [6.07, 6.45) is -5.13. The molecule has 1 aliphatic rings. The third kappa shape index (κ3) is 8.47. The Morgan fingerprint density at radius 2 is 1.74 bits per heavy atom. The molecule has 0 aliphatic carbocycles. The maximum atomic E-state index is 14.6. The van der Waals surface area contributed by atoms with E-state index < -0.39 is 54.7 Å². The monoisotopic (exact) mass is 527 g/mol. The van der Waals surface area contributed by atoms with Crippen LogP contribution in [0.5, 0.6) is 0 Å². The number of nitrogens with zero attached hydrogens (tertiary/aromatic N) is 4. The first-order valence-electron chi connectivity index (χ1n) is 7.83. The Labute approximate surface area is 225 Å².